The fourth-order valence-corrected chi connectivity index (χ4v) is 2.47. The highest BCUT2D eigenvalue weighted by molar-refractivity contribution is 7.19. The van der Waals surface area contributed by atoms with Crippen LogP contribution in [0.1, 0.15) is 0 Å². The molecule has 4 N–H and O–H groups in total. The van der Waals surface area contributed by atoms with Crippen LogP contribution in [0.5, 0.6) is 0 Å². The summed E-state index contributed by atoms with van der Waals surface area (Å²) in [6.07, 6.45) is 0. The van der Waals surface area contributed by atoms with Crippen LogP contribution >= 0.6 is 11.3 Å². The molecule has 0 saturated carbocycles. The molecule has 6 nitrogen and oxygen atoms in total. The summed E-state index contributed by atoms with van der Waals surface area (Å²) in [6, 6.07) is 9.54. The highest BCUT2D eigenvalue weighted by Gasteiger charge is 2.12. The van der Waals surface area contributed by atoms with Crippen molar-refractivity contribution in [1.82, 2.24) is 14.6 Å². The van der Waals surface area contributed by atoms with Crippen LogP contribution in [-0.2, 0) is 0 Å². The van der Waals surface area contributed by atoms with E-state index in [1.807, 2.05) is 30.3 Å². The second-order valence-corrected chi connectivity index (χ2v) is 4.64. The van der Waals surface area contributed by atoms with Crippen molar-refractivity contribution in [2.24, 2.45) is 0 Å². The lowest BCUT2D eigenvalue weighted by Gasteiger charge is -1.96. The Hall–Kier alpha value is -2.41. The zero-order chi connectivity index (χ0) is 12.7. The lowest BCUT2D eigenvalue weighted by Crippen LogP contribution is -2.20. The van der Waals surface area contributed by atoms with Gasteiger partial charge in [-0.3, -0.25) is 4.79 Å². The quantitative estimate of drug-likeness (QED) is 0.678. The fourth-order valence-electron chi connectivity index (χ4n) is 1.57. The first-order valence-electron chi connectivity index (χ1n) is 5.17. The Kier molecular flexibility index (Phi) is 2.27. The number of nitrogens with zero attached hydrogens (tertiary/aromatic N) is 3. The van der Waals surface area contributed by atoms with Crippen molar-refractivity contribution >= 4 is 27.8 Å². The molecule has 0 bridgehead atoms. The minimum absolute atomic E-state index is 0.0447. The predicted molar refractivity (Wildman–Crippen MR) is 71.4 cm³/mol. The van der Waals surface area contributed by atoms with Crippen molar-refractivity contribution in [2.45, 2.75) is 0 Å². The van der Waals surface area contributed by atoms with Gasteiger partial charge < -0.3 is 11.5 Å². The molecule has 3 aromatic rings. The molecule has 1 aromatic carbocycles. The number of benzene rings is 1. The van der Waals surface area contributed by atoms with Gasteiger partial charge in [0, 0.05) is 5.56 Å². The second-order valence-electron chi connectivity index (χ2n) is 3.68. The van der Waals surface area contributed by atoms with E-state index < -0.39 is 5.56 Å². The van der Waals surface area contributed by atoms with Gasteiger partial charge in [0.25, 0.3) is 0 Å². The Morgan fingerprint density at radius 1 is 1.17 bits per heavy atom. The van der Waals surface area contributed by atoms with Gasteiger partial charge in [-0.1, -0.05) is 41.7 Å². The summed E-state index contributed by atoms with van der Waals surface area (Å²) in [5.74, 6) is 0.0447. The van der Waals surface area contributed by atoms with E-state index in [0.717, 1.165) is 5.56 Å². The largest absolute Gasteiger partial charge is 0.391 e. The highest BCUT2D eigenvalue weighted by atomic mass is 32.1. The van der Waals surface area contributed by atoms with Gasteiger partial charge in [-0.05, 0) is 0 Å². The molecule has 0 radical (unpaired) electrons. The van der Waals surface area contributed by atoms with Gasteiger partial charge in [0.1, 0.15) is 10.7 Å². The van der Waals surface area contributed by atoms with Crippen LogP contribution in [0.15, 0.2) is 35.1 Å². The molecular formula is C11H9N5OS. The van der Waals surface area contributed by atoms with Gasteiger partial charge >= 0.3 is 5.56 Å². The minimum Gasteiger partial charge on any atom is -0.391 e. The van der Waals surface area contributed by atoms with Crippen LogP contribution in [0.2, 0.25) is 0 Å². The SMILES string of the molecule is Nc1nc2sc(-c3ccccc3)nn2c(=O)c1N. The van der Waals surface area contributed by atoms with Gasteiger partial charge in [-0.2, -0.15) is 14.6 Å². The van der Waals surface area contributed by atoms with Gasteiger partial charge in [-0.15, -0.1) is 0 Å². The normalized spacial score (nSPS) is 10.9. The molecule has 0 unspecified atom stereocenters. The Bertz CT molecular complexity index is 777. The van der Waals surface area contributed by atoms with Crippen LogP contribution < -0.4 is 17.0 Å². The van der Waals surface area contributed by atoms with E-state index in [1.54, 1.807) is 0 Å². The molecule has 0 spiro atoms. The molecule has 90 valence electrons. The average Bonchev–Trinajstić information content (AvgIpc) is 2.81. The highest BCUT2D eigenvalue weighted by Crippen LogP contribution is 2.24. The third-order valence-electron chi connectivity index (χ3n) is 2.50. The molecule has 0 aliphatic heterocycles. The molecule has 2 heterocycles. The molecule has 0 atom stereocenters. The van der Waals surface area contributed by atoms with E-state index in [9.17, 15) is 4.79 Å². The number of aromatic nitrogens is 3. The Balaban J connectivity index is 2.30. The number of rotatable bonds is 1. The van der Waals surface area contributed by atoms with Crippen molar-refractivity contribution in [2.75, 3.05) is 11.5 Å². The van der Waals surface area contributed by atoms with Crippen LogP contribution in [0.25, 0.3) is 15.5 Å². The summed E-state index contributed by atoms with van der Waals surface area (Å²) < 4.78 is 1.18. The molecule has 0 aliphatic carbocycles. The lowest BCUT2D eigenvalue weighted by atomic mass is 10.2. The number of nitrogens with two attached hydrogens (primary N) is 2. The third kappa shape index (κ3) is 1.52. The van der Waals surface area contributed by atoms with Crippen molar-refractivity contribution in [1.29, 1.82) is 0 Å². The van der Waals surface area contributed by atoms with Crippen LogP contribution in [-0.4, -0.2) is 14.6 Å². The maximum Gasteiger partial charge on any atom is 0.300 e. The molecule has 18 heavy (non-hydrogen) atoms. The first-order chi connectivity index (χ1) is 8.66. The molecule has 0 fully saturated rings. The summed E-state index contributed by atoms with van der Waals surface area (Å²) in [7, 11) is 0. The smallest absolute Gasteiger partial charge is 0.300 e. The van der Waals surface area contributed by atoms with E-state index in [4.69, 9.17) is 11.5 Å². The molecule has 2 aromatic heterocycles. The molecule has 0 aliphatic rings. The monoisotopic (exact) mass is 259 g/mol. The number of fused-ring (bicyclic) bond motifs is 1. The van der Waals surface area contributed by atoms with E-state index in [-0.39, 0.29) is 11.5 Å². The summed E-state index contributed by atoms with van der Waals surface area (Å²) in [5.41, 5.74) is 11.5. The molecular weight excluding hydrogens is 250 g/mol. The van der Waals surface area contributed by atoms with Crippen molar-refractivity contribution < 1.29 is 0 Å². The Labute approximate surface area is 106 Å². The van der Waals surface area contributed by atoms with Gasteiger partial charge in [-0.25, -0.2) is 0 Å². The molecule has 0 amide bonds. The van der Waals surface area contributed by atoms with E-state index in [2.05, 4.69) is 10.1 Å². The van der Waals surface area contributed by atoms with Gasteiger partial charge in [0.2, 0.25) is 4.96 Å². The standard InChI is InChI=1S/C11H9N5OS/c12-7-8(13)14-11-16(10(7)17)15-9(18-11)6-4-2-1-3-5-6/h1-5H,12-13H2. The zero-order valence-electron chi connectivity index (χ0n) is 9.20. The lowest BCUT2D eigenvalue weighted by molar-refractivity contribution is 0.909. The number of hydrogen-bond acceptors (Lipinski definition) is 6. The average molecular weight is 259 g/mol. The summed E-state index contributed by atoms with van der Waals surface area (Å²) >= 11 is 1.29. The summed E-state index contributed by atoms with van der Waals surface area (Å²) in [6.45, 7) is 0. The zero-order valence-corrected chi connectivity index (χ0v) is 10.0. The summed E-state index contributed by atoms with van der Waals surface area (Å²) in [4.78, 5) is 16.3. The van der Waals surface area contributed by atoms with Gasteiger partial charge in [0.15, 0.2) is 5.82 Å². The number of hydrogen-bond donors (Lipinski definition) is 2. The van der Waals surface area contributed by atoms with Crippen molar-refractivity contribution in [3.8, 4) is 10.6 Å². The van der Waals surface area contributed by atoms with Crippen LogP contribution in [0, 0.1) is 0 Å². The maximum atomic E-state index is 11.9. The first-order valence-corrected chi connectivity index (χ1v) is 5.98. The third-order valence-corrected chi connectivity index (χ3v) is 3.45. The topological polar surface area (TPSA) is 99.3 Å². The molecule has 3 rings (SSSR count). The molecule has 0 saturated heterocycles. The Morgan fingerprint density at radius 2 is 1.89 bits per heavy atom. The van der Waals surface area contributed by atoms with E-state index in [0.29, 0.717) is 9.97 Å². The van der Waals surface area contributed by atoms with Crippen molar-refractivity contribution in [3.63, 3.8) is 0 Å². The van der Waals surface area contributed by atoms with E-state index in [1.165, 1.54) is 15.9 Å². The molecule has 7 heteroatoms. The van der Waals surface area contributed by atoms with Crippen LogP contribution in [0.3, 0.4) is 0 Å². The van der Waals surface area contributed by atoms with Crippen LogP contribution in [0.4, 0.5) is 11.5 Å². The maximum absolute atomic E-state index is 11.9. The number of anilines is 2. The van der Waals surface area contributed by atoms with Crippen molar-refractivity contribution in [3.05, 3.63) is 40.7 Å². The van der Waals surface area contributed by atoms with E-state index >= 15 is 0 Å². The van der Waals surface area contributed by atoms with Gasteiger partial charge in [0.05, 0.1) is 0 Å². The summed E-state index contributed by atoms with van der Waals surface area (Å²) in [5, 5.41) is 4.91. The predicted octanol–water partition coefficient (Wildman–Crippen LogP) is 0.982. The Morgan fingerprint density at radius 3 is 2.61 bits per heavy atom. The minimum atomic E-state index is -0.434. The number of nitrogen functional groups attached to an aromatic ring is 2. The fraction of sp³-hybridized carbons (Fsp3) is 0. The second kappa shape index (κ2) is 3.81. The first kappa shape index (κ1) is 10.7.